The van der Waals surface area contributed by atoms with E-state index in [9.17, 15) is 9.90 Å². The molecule has 0 bridgehead atoms. The Balaban J connectivity index is 2.51. The second-order valence-electron chi connectivity index (χ2n) is 3.47. The molecule has 1 heterocycles. The number of hydrogen-bond donors (Lipinski definition) is 1. The van der Waals surface area contributed by atoms with Crippen molar-refractivity contribution in [2.24, 2.45) is 0 Å². The summed E-state index contributed by atoms with van der Waals surface area (Å²) in [6.45, 7) is 4.12. The van der Waals surface area contributed by atoms with Gasteiger partial charge in [0.25, 0.3) is 0 Å². The number of rotatable bonds is 2. The molecule has 13 heavy (non-hydrogen) atoms. The number of aliphatic hydroxyl groups is 1. The maximum Gasteiger partial charge on any atom is 0.302 e. The van der Waals surface area contributed by atoms with Crippen LogP contribution in [0.1, 0.15) is 26.7 Å². The Morgan fingerprint density at radius 3 is 2.54 bits per heavy atom. The molecule has 1 unspecified atom stereocenters. The number of carbonyl (C=O) groups excluding carboxylic acids is 1. The van der Waals surface area contributed by atoms with Gasteiger partial charge in [0.1, 0.15) is 11.7 Å². The van der Waals surface area contributed by atoms with Crippen molar-refractivity contribution in [1.29, 1.82) is 0 Å². The first-order valence-corrected chi connectivity index (χ1v) is 4.52. The Labute approximate surface area is 77.8 Å². The fraction of sp³-hybridized carbons (Fsp3) is 0.889. The fourth-order valence-electron chi connectivity index (χ4n) is 1.49. The average Bonchev–Trinajstić information content (AvgIpc) is 2.04. The smallest absolute Gasteiger partial charge is 0.302 e. The molecule has 0 saturated carbocycles. The van der Waals surface area contributed by atoms with Gasteiger partial charge in [-0.1, -0.05) is 0 Å². The zero-order valence-electron chi connectivity index (χ0n) is 8.08. The third-order valence-corrected chi connectivity index (χ3v) is 2.46. The van der Waals surface area contributed by atoms with Crippen LogP contribution in [0.15, 0.2) is 0 Å². The number of hydrogen-bond acceptors (Lipinski definition) is 4. The van der Waals surface area contributed by atoms with Gasteiger partial charge >= 0.3 is 5.97 Å². The molecule has 0 aromatic rings. The standard InChI is InChI=1S/C9H16O4/c1-7(13-8(2)10)9(11)3-5-12-6-4-9/h7,11H,3-6H2,1-2H3. The van der Waals surface area contributed by atoms with E-state index in [0.29, 0.717) is 26.1 Å². The molecule has 1 aliphatic heterocycles. The Hall–Kier alpha value is -0.610. The molecule has 0 aromatic heterocycles. The van der Waals surface area contributed by atoms with E-state index in [-0.39, 0.29) is 5.97 Å². The Morgan fingerprint density at radius 2 is 2.08 bits per heavy atom. The summed E-state index contributed by atoms with van der Waals surface area (Å²) in [6, 6.07) is 0. The zero-order valence-corrected chi connectivity index (χ0v) is 8.08. The molecule has 4 nitrogen and oxygen atoms in total. The number of carbonyl (C=O) groups is 1. The molecule has 1 rings (SSSR count). The van der Waals surface area contributed by atoms with Crippen molar-refractivity contribution < 1.29 is 19.4 Å². The highest BCUT2D eigenvalue weighted by atomic mass is 16.6. The van der Waals surface area contributed by atoms with Gasteiger partial charge in [-0.2, -0.15) is 0 Å². The van der Waals surface area contributed by atoms with Crippen LogP contribution in [0.5, 0.6) is 0 Å². The van der Waals surface area contributed by atoms with Crippen molar-refractivity contribution in [2.75, 3.05) is 13.2 Å². The largest absolute Gasteiger partial charge is 0.460 e. The molecule has 1 fully saturated rings. The molecule has 1 N–H and O–H groups in total. The quantitative estimate of drug-likeness (QED) is 0.640. The number of esters is 1. The van der Waals surface area contributed by atoms with Crippen LogP contribution in [0, 0.1) is 0 Å². The molecule has 1 atom stereocenters. The predicted octanol–water partition coefficient (Wildman–Crippen LogP) is 0.480. The van der Waals surface area contributed by atoms with Crippen molar-refractivity contribution in [2.45, 2.75) is 38.4 Å². The van der Waals surface area contributed by atoms with Crippen LogP contribution >= 0.6 is 0 Å². The monoisotopic (exact) mass is 188 g/mol. The Kier molecular flexibility index (Phi) is 3.27. The molecule has 0 amide bonds. The van der Waals surface area contributed by atoms with Gasteiger partial charge in [0.15, 0.2) is 0 Å². The normalized spacial score (nSPS) is 23.6. The minimum atomic E-state index is -0.899. The van der Waals surface area contributed by atoms with Crippen LogP contribution in [0.4, 0.5) is 0 Å². The van der Waals surface area contributed by atoms with Crippen molar-refractivity contribution in [3.05, 3.63) is 0 Å². The highest BCUT2D eigenvalue weighted by Crippen LogP contribution is 2.26. The van der Waals surface area contributed by atoms with E-state index >= 15 is 0 Å². The van der Waals surface area contributed by atoms with Gasteiger partial charge in [-0.15, -0.1) is 0 Å². The van der Waals surface area contributed by atoms with E-state index in [0.717, 1.165) is 0 Å². The van der Waals surface area contributed by atoms with Gasteiger partial charge in [-0.3, -0.25) is 4.79 Å². The summed E-state index contributed by atoms with van der Waals surface area (Å²) in [5.41, 5.74) is -0.899. The van der Waals surface area contributed by atoms with E-state index in [2.05, 4.69) is 0 Å². The van der Waals surface area contributed by atoms with Crippen LogP contribution in [0.3, 0.4) is 0 Å². The first kappa shape index (κ1) is 10.5. The summed E-state index contributed by atoms with van der Waals surface area (Å²) in [5.74, 6) is -0.354. The van der Waals surface area contributed by atoms with Crippen molar-refractivity contribution >= 4 is 5.97 Å². The molecule has 0 radical (unpaired) electrons. The topological polar surface area (TPSA) is 55.8 Å². The first-order chi connectivity index (χ1) is 6.04. The van der Waals surface area contributed by atoms with Gasteiger partial charge in [-0.05, 0) is 6.92 Å². The molecule has 1 aliphatic rings. The highest BCUT2D eigenvalue weighted by Gasteiger charge is 2.37. The van der Waals surface area contributed by atoms with Gasteiger partial charge in [0.05, 0.1) is 0 Å². The van der Waals surface area contributed by atoms with Crippen molar-refractivity contribution in [3.63, 3.8) is 0 Å². The van der Waals surface area contributed by atoms with Gasteiger partial charge in [-0.25, -0.2) is 0 Å². The van der Waals surface area contributed by atoms with Gasteiger partial charge in [0.2, 0.25) is 0 Å². The lowest BCUT2D eigenvalue weighted by molar-refractivity contribution is -0.172. The highest BCUT2D eigenvalue weighted by molar-refractivity contribution is 5.66. The molecule has 4 heteroatoms. The summed E-state index contributed by atoms with van der Waals surface area (Å²) in [5, 5.41) is 10.0. The van der Waals surface area contributed by atoms with Gasteiger partial charge < -0.3 is 14.6 Å². The SMILES string of the molecule is CC(=O)OC(C)C1(O)CCOCC1. The second kappa shape index (κ2) is 4.07. The summed E-state index contributed by atoms with van der Waals surface area (Å²) < 4.78 is 10.1. The third kappa shape index (κ3) is 2.67. The van der Waals surface area contributed by atoms with E-state index in [1.807, 2.05) is 0 Å². The summed E-state index contributed by atoms with van der Waals surface area (Å²) in [4.78, 5) is 10.7. The summed E-state index contributed by atoms with van der Waals surface area (Å²) >= 11 is 0. The molecule has 0 aliphatic carbocycles. The average molecular weight is 188 g/mol. The number of ether oxygens (including phenoxy) is 2. The Morgan fingerprint density at radius 1 is 1.54 bits per heavy atom. The van der Waals surface area contributed by atoms with E-state index in [1.54, 1.807) is 6.92 Å². The zero-order chi connectivity index (χ0) is 9.90. The summed E-state index contributed by atoms with van der Waals surface area (Å²) in [7, 11) is 0. The van der Waals surface area contributed by atoms with E-state index in [1.165, 1.54) is 6.92 Å². The fourth-order valence-corrected chi connectivity index (χ4v) is 1.49. The molecule has 0 spiro atoms. The van der Waals surface area contributed by atoms with Crippen LogP contribution in [0.2, 0.25) is 0 Å². The maximum absolute atomic E-state index is 10.7. The molecule has 0 aromatic carbocycles. The lowest BCUT2D eigenvalue weighted by Crippen LogP contribution is -2.47. The molecule has 76 valence electrons. The van der Waals surface area contributed by atoms with Crippen LogP contribution in [-0.4, -0.2) is 36.0 Å². The summed E-state index contributed by atoms with van der Waals surface area (Å²) in [6.07, 6.45) is 0.608. The Bertz CT molecular complexity index is 184. The lowest BCUT2D eigenvalue weighted by Gasteiger charge is -2.36. The minimum absolute atomic E-state index is 0.354. The third-order valence-electron chi connectivity index (χ3n) is 2.46. The first-order valence-electron chi connectivity index (χ1n) is 4.52. The van der Waals surface area contributed by atoms with Crippen molar-refractivity contribution in [3.8, 4) is 0 Å². The van der Waals surface area contributed by atoms with E-state index in [4.69, 9.17) is 9.47 Å². The van der Waals surface area contributed by atoms with Gasteiger partial charge in [0, 0.05) is 33.0 Å². The predicted molar refractivity (Wildman–Crippen MR) is 46.2 cm³/mol. The van der Waals surface area contributed by atoms with Crippen molar-refractivity contribution in [1.82, 2.24) is 0 Å². The van der Waals surface area contributed by atoms with Crippen LogP contribution in [0.25, 0.3) is 0 Å². The minimum Gasteiger partial charge on any atom is -0.460 e. The molecular formula is C9H16O4. The molecular weight excluding hydrogens is 172 g/mol. The molecule has 1 saturated heterocycles. The van der Waals surface area contributed by atoms with Crippen LogP contribution in [-0.2, 0) is 14.3 Å². The second-order valence-corrected chi connectivity index (χ2v) is 3.47. The van der Waals surface area contributed by atoms with Crippen LogP contribution < -0.4 is 0 Å². The lowest BCUT2D eigenvalue weighted by atomic mass is 9.89. The van der Waals surface area contributed by atoms with E-state index < -0.39 is 11.7 Å². The maximum atomic E-state index is 10.7.